The normalized spacial score (nSPS) is 12.3. The number of nitrogens with two attached hydrogens (primary N) is 1. The fourth-order valence-electron chi connectivity index (χ4n) is 1.29. The van der Waals surface area contributed by atoms with Gasteiger partial charge < -0.3 is 15.6 Å². The lowest BCUT2D eigenvalue weighted by atomic mass is 10.5. The van der Waals surface area contributed by atoms with Gasteiger partial charge in [0, 0.05) is 17.9 Å². The van der Waals surface area contributed by atoms with Crippen LogP contribution in [0.5, 0.6) is 0 Å². The summed E-state index contributed by atoms with van der Waals surface area (Å²) in [5, 5.41) is 17.2. The number of aliphatic imine (C=N–C) groups is 1. The minimum atomic E-state index is -4.46. The Morgan fingerprint density at radius 2 is 2.15 bits per heavy atom. The number of nitrogens with one attached hydrogen (secondary N) is 2. The van der Waals surface area contributed by atoms with E-state index in [1.165, 1.54) is 11.8 Å². The van der Waals surface area contributed by atoms with Crippen molar-refractivity contribution in [1.29, 1.82) is 0 Å². The number of aliphatic carboxylic acids is 1. The van der Waals surface area contributed by atoms with Crippen LogP contribution in [0.1, 0.15) is 6.42 Å². The lowest BCUT2D eigenvalue weighted by Crippen LogP contribution is -2.26. The van der Waals surface area contributed by atoms with Crippen molar-refractivity contribution in [3.63, 3.8) is 0 Å². The number of hydrogen-bond donors (Lipinski definition) is 4. The molecule has 0 unspecified atom stereocenters. The lowest BCUT2D eigenvalue weighted by molar-refractivity contribution is -0.138. The molecule has 0 aliphatic heterocycles. The molecule has 0 amide bonds. The molecule has 26 heavy (non-hydrogen) atoms. The number of guanidine groups is 1. The zero-order valence-electron chi connectivity index (χ0n) is 13.1. The van der Waals surface area contributed by atoms with Crippen LogP contribution in [0.3, 0.4) is 0 Å². The number of aromatic nitrogens is 3. The number of hydrogen-bond acceptors (Lipinski definition) is 7. The van der Waals surface area contributed by atoms with Gasteiger partial charge in [-0.3, -0.25) is 5.32 Å². The van der Waals surface area contributed by atoms with E-state index in [4.69, 9.17) is 15.6 Å². The summed E-state index contributed by atoms with van der Waals surface area (Å²) in [5.74, 6) is -1.98. The maximum Gasteiger partial charge on any atom is 0.408 e. The van der Waals surface area contributed by atoms with Crippen molar-refractivity contribution in [2.24, 2.45) is 10.7 Å². The van der Waals surface area contributed by atoms with Gasteiger partial charge >= 0.3 is 18.1 Å². The van der Waals surface area contributed by atoms with Crippen LogP contribution < -0.4 is 11.1 Å². The Labute approximate surface area is 149 Å². The van der Waals surface area contributed by atoms with Crippen LogP contribution in [-0.4, -0.2) is 63.3 Å². The number of thioether (sulfide) groups is 1. The number of anilines is 1. The van der Waals surface area contributed by atoms with Gasteiger partial charge in [-0.25, -0.2) is 19.7 Å². The van der Waals surface area contributed by atoms with Crippen molar-refractivity contribution >= 4 is 35.6 Å². The first-order valence-corrected chi connectivity index (χ1v) is 7.91. The molecular formula is C12H15F3N6O4S. The molecule has 1 rings (SSSR count). The molecule has 1 heterocycles. The molecule has 0 bridgehead atoms. The van der Waals surface area contributed by atoms with E-state index >= 15 is 0 Å². The van der Waals surface area contributed by atoms with Gasteiger partial charge in [0.2, 0.25) is 11.1 Å². The van der Waals surface area contributed by atoms with Crippen molar-refractivity contribution in [3.05, 3.63) is 12.2 Å². The van der Waals surface area contributed by atoms with Crippen molar-refractivity contribution in [3.8, 4) is 0 Å². The highest BCUT2D eigenvalue weighted by Gasteiger charge is 2.26. The summed E-state index contributed by atoms with van der Waals surface area (Å²) in [6, 6.07) is 0. The average molecular weight is 396 g/mol. The van der Waals surface area contributed by atoms with Crippen molar-refractivity contribution < 1.29 is 32.6 Å². The highest BCUT2D eigenvalue weighted by molar-refractivity contribution is 7.99. The fourth-order valence-corrected chi connectivity index (χ4v) is 2.00. The summed E-state index contributed by atoms with van der Waals surface area (Å²) in [6.07, 6.45) is -2.54. The first-order chi connectivity index (χ1) is 12.2. The number of H-pyrrole nitrogens is 1. The number of esters is 1. The number of aromatic amines is 1. The summed E-state index contributed by atoms with van der Waals surface area (Å²) in [4.78, 5) is 28.3. The number of ether oxygens (including phenoxy) is 1. The number of rotatable bonds is 9. The molecule has 0 atom stereocenters. The summed E-state index contributed by atoms with van der Waals surface area (Å²) in [5.41, 5.74) is 5.29. The summed E-state index contributed by atoms with van der Waals surface area (Å²) in [7, 11) is 0. The predicted molar refractivity (Wildman–Crippen MR) is 85.6 cm³/mol. The predicted octanol–water partition coefficient (Wildman–Crippen LogP) is 0.760. The van der Waals surface area contributed by atoms with Gasteiger partial charge in [0.05, 0.1) is 6.61 Å². The first kappa shape index (κ1) is 21.3. The van der Waals surface area contributed by atoms with Crippen molar-refractivity contribution in [2.75, 3.05) is 24.2 Å². The Kier molecular flexibility index (Phi) is 8.41. The number of carboxylic acids is 1. The molecule has 0 aromatic carbocycles. The van der Waals surface area contributed by atoms with E-state index in [0.29, 0.717) is 23.4 Å². The highest BCUT2D eigenvalue weighted by Crippen LogP contribution is 2.16. The maximum absolute atomic E-state index is 12.0. The Hall–Kier alpha value is -2.77. The van der Waals surface area contributed by atoms with E-state index in [2.05, 4.69) is 25.5 Å². The van der Waals surface area contributed by atoms with Gasteiger partial charge in [-0.1, -0.05) is 11.8 Å². The monoisotopic (exact) mass is 396 g/mol. The Bertz CT molecular complexity index is 676. The smallest absolute Gasteiger partial charge is 0.408 e. The number of halogens is 3. The van der Waals surface area contributed by atoms with Crippen LogP contribution in [0.4, 0.5) is 19.1 Å². The molecule has 14 heteroatoms. The topological polar surface area (TPSA) is 156 Å². The largest absolute Gasteiger partial charge is 0.478 e. The van der Waals surface area contributed by atoms with Gasteiger partial charge in [0.25, 0.3) is 0 Å². The van der Waals surface area contributed by atoms with Crippen LogP contribution >= 0.6 is 11.8 Å². The third-order valence-electron chi connectivity index (χ3n) is 2.27. The van der Waals surface area contributed by atoms with Crippen molar-refractivity contribution in [2.45, 2.75) is 17.8 Å². The maximum atomic E-state index is 12.0. The summed E-state index contributed by atoms with van der Waals surface area (Å²) in [6.45, 7) is -1.34. The third kappa shape index (κ3) is 10.2. The summed E-state index contributed by atoms with van der Waals surface area (Å²) >= 11 is 1.20. The van der Waals surface area contributed by atoms with Crippen LogP contribution in [0, 0.1) is 0 Å². The van der Waals surface area contributed by atoms with Gasteiger partial charge in [0.15, 0.2) is 5.96 Å². The minimum Gasteiger partial charge on any atom is -0.478 e. The van der Waals surface area contributed by atoms with E-state index < -0.39 is 30.6 Å². The lowest BCUT2D eigenvalue weighted by Gasteiger charge is -2.03. The van der Waals surface area contributed by atoms with Gasteiger partial charge in [0.1, 0.15) is 6.54 Å². The Balaban J connectivity index is 2.27. The van der Waals surface area contributed by atoms with E-state index in [1.54, 1.807) is 0 Å². The number of carboxylic acid groups (broad SMARTS) is 1. The van der Waals surface area contributed by atoms with E-state index in [1.807, 2.05) is 0 Å². The number of carbonyl (C=O) groups is 2. The minimum absolute atomic E-state index is 0.0289. The molecular weight excluding hydrogens is 381 g/mol. The van der Waals surface area contributed by atoms with Crippen molar-refractivity contribution in [1.82, 2.24) is 15.2 Å². The molecule has 0 spiro atoms. The molecule has 144 valence electrons. The van der Waals surface area contributed by atoms with E-state index in [9.17, 15) is 22.8 Å². The second-order valence-corrected chi connectivity index (χ2v) is 5.51. The molecule has 0 saturated heterocycles. The van der Waals surface area contributed by atoms with Crippen LogP contribution in [0.2, 0.25) is 0 Å². The average Bonchev–Trinajstić information content (AvgIpc) is 2.97. The quantitative estimate of drug-likeness (QED) is 0.118. The number of alkyl halides is 3. The molecule has 5 N–H and O–H groups in total. The first-order valence-electron chi connectivity index (χ1n) is 6.92. The van der Waals surface area contributed by atoms with Gasteiger partial charge in [-0.15, -0.1) is 5.10 Å². The molecule has 1 aromatic rings. The van der Waals surface area contributed by atoms with Gasteiger partial charge in [-0.2, -0.15) is 18.2 Å². The Morgan fingerprint density at radius 1 is 1.42 bits per heavy atom. The molecule has 0 saturated carbocycles. The molecule has 10 nitrogen and oxygen atoms in total. The van der Waals surface area contributed by atoms with E-state index in [0.717, 1.165) is 6.08 Å². The zero-order valence-corrected chi connectivity index (χ0v) is 13.9. The van der Waals surface area contributed by atoms with Crippen LogP contribution in [-0.2, 0) is 14.3 Å². The molecule has 0 aliphatic rings. The highest BCUT2D eigenvalue weighted by atomic mass is 32.2. The van der Waals surface area contributed by atoms with Gasteiger partial charge in [-0.05, 0) is 6.42 Å². The standard InChI is InChI=1S/C12H15F3N6O4S/c13-12(14,15)6-17-9(16)18-10-19-11(21-20-10)26-5-1-4-25-8(24)3-2-7(22)23/h2-3H,1,4-6H2,(H,22,23)(H4,16,17,18,19,20,21)/b3-2-. The molecule has 0 aliphatic carbocycles. The fraction of sp³-hybridized carbons (Fsp3) is 0.417. The Morgan fingerprint density at radius 3 is 2.81 bits per heavy atom. The molecule has 0 fully saturated rings. The third-order valence-corrected chi connectivity index (χ3v) is 3.20. The SMILES string of the molecule is NC(=NCC(F)(F)F)Nc1nc(SCCCOC(=O)/C=C\C(=O)O)n[nH]1. The van der Waals surface area contributed by atoms with E-state index in [-0.39, 0.29) is 12.6 Å². The second-order valence-electron chi connectivity index (χ2n) is 4.45. The molecule has 0 radical (unpaired) electrons. The van der Waals surface area contributed by atoms with Crippen LogP contribution in [0.25, 0.3) is 0 Å². The second kappa shape index (κ2) is 10.3. The molecule has 1 aromatic heterocycles. The van der Waals surface area contributed by atoms with Crippen LogP contribution in [0.15, 0.2) is 22.3 Å². The number of nitrogens with zero attached hydrogens (tertiary/aromatic N) is 3. The zero-order chi connectivity index (χ0) is 19.6. The summed E-state index contributed by atoms with van der Waals surface area (Å²) < 4.78 is 40.8. The number of carbonyl (C=O) groups excluding carboxylic acids is 1.